The first kappa shape index (κ1) is 18.5. The van der Waals surface area contributed by atoms with Gasteiger partial charge < -0.3 is 11.1 Å². The summed E-state index contributed by atoms with van der Waals surface area (Å²) in [5, 5.41) is 11.8. The number of carbonyl (C=O) groups excluding carboxylic acids is 2. The number of pyridine rings is 1. The molecule has 3 N–H and O–H groups in total. The third kappa shape index (κ3) is 4.90. The van der Waals surface area contributed by atoms with Crippen LogP contribution in [0.1, 0.15) is 44.9 Å². The number of nitrogens with two attached hydrogens (primary N) is 1. The topological polar surface area (TPSA) is 112 Å². The maximum Gasteiger partial charge on any atom is 0.270 e. The molecule has 7 nitrogen and oxygen atoms in total. The van der Waals surface area contributed by atoms with Gasteiger partial charge in [-0.3, -0.25) is 14.5 Å². The number of primary amides is 1. The van der Waals surface area contributed by atoms with Crippen LogP contribution >= 0.6 is 0 Å². The fourth-order valence-electron chi connectivity index (χ4n) is 3.14. The van der Waals surface area contributed by atoms with Crippen LogP contribution in [0.25, 0.3) is 0 Å². The number of hydrogen-bond acceptors (Lipinski definition) is 5. The van der Waals surface area contributed by atoms with Gasteiger partial charge in [-0.2, -0.15) is 5.26 Å². The smallest absolute Gasteiger partial charge is 0.270 e. The number of benzene rings is 1. The second-order valence-corrected chi connectivity index (χ2v) is 6.60. The number of rotatable bonds is 5. The number of nitrogens with one attached hydrogen (secondary N) is 1. The SMILES string of the molecule is N#Cc1ccc(CN2CCC(NC(=O)c3cccc(C(N)=O)n3)CC2)cc1. The average Bonchev–Trinajstić information content (AvgIpc) is 2.70. The summed E-state index contributed by atoms with van der Waals surface area (Å²) in [6.45, 7) is 2.58. The van der Waals surface area contributed by atoms with Gasteiger partial charge in [0.1, 0.15) is 11.4 Å². The van der Waals surface area contributed by atoms with Gasteiger partial charge in [-0.25, -0.2) is 4.98 Å². The van der Waals surface area contributed by atoms with Crippen molar-refractivity contribution in [3.63, 3.8) is 0 Å². The molecule has 1 aliphatic heterocycles. The lowest BCUT2D eigenvalue weighted by atomic mass is 10.0. The van der Waals surface area contributed by atoms with Crippen molar-refractivity contribution < 1.29 is 9.59 Å². The normalized spacial score (nSPS) is 15.1. The molecule has 138 valence electrons. The van der Waals surface area contributed by atoms with E-state index in [9.17, 15) is 9.59 Å². The summed E-state index contributed by atoms with van der Waals surface area (Å²) in [5.74, 6) is -0.940. The van der Waals surface area contributed by atoms with Crippen LogP contribution in [0, 0.1) is 11.3 Å². The molecule has 1 aliphatic rings. The van der Waals surface area contributed by atoms with Gasteiger partial charge in [-0.15, -0.1) is 0 Å². The van der Waals surface area contributed by atoms with Gasteiger partial charge in [0.2, 0.25) is 0 Å². The Balaban J connectivity index is 1.50. The first-order valence-electron chi connectivity index (χ1n) is 8.84. The number of aromatic nitrogens is 1. The predicted molar refractivity (Wildman–Crippen MR) is 99.7 cm³/mol. The van der Waals surface area contributed by atoms with Crippen LogP contribution in [0.5, 0.6) is 0 Å². The van der Waals surface area contributed by atoms with Crippen molar-refractivity contribution in [2.75, 3.05) is 13.1 Å². The highest BCUT2D eigenvalue weighted by atomic mass is 16.2. The van der Waals surface area contributed by atoms with Crippen molar-refractivity contribution in [1.29, 1.82) is 5.26 Å². The summed E-state index contributed by atoms with van der Waals surface area (Å²) in [4.78, 5) is 29.9. The van der Waals surface area contributed by atoms with Crippen molar-refractivity contribution in [2.24, 2.45) is 5.73 Å². The van der Waals surface area contributed by atoms with Gasteiger partial charge in [0.25, 0.3) is 11.8 Å². The third-order valence-corrected chi connectivity index (χ3v) is 4.65. The van der Waals surface area contributed by atoms with E-state index in [0.717, 1.165) is 32.5 Å². The molecule has 7 heteroatoms. The molecule has 1 aromatic carbocycles. The molecule has 2 heterocycles. The quantitative estimate of drug-likeness (QED) is 0.835. The number of carbonyl (C=O) groups is 2. The van der Waals surface area contributed by atoms with Gasteiger partial charge in [0.05, 0.1) is 11.6 Å². The maximum atomic E-state index is 12.4. The summed E-state index contributed by atoms with van der Waals surface area (Å²) in [7, 11) is 0. The van der Waals surface area contributed by atoms with Crippen LogP contribution < -0.4 is 11.1 Å². The van der Waals surface area contributed by atoms with Crippen molar-refractivity contribution >= 4 is 11.8 Å². The van der Waals surface area contributed by atoms with Gasteiger partial charge in [-0.1, -0.05) is 18.2 Å². The molecule has 0 saturated carbocycles. The molecule has 2 amide bonds. The van der Waals surface area contributed by atoms with E-state index in [1.54, 1.807) is 12.1 Å². The fourth-order valence-corrected chi connectivity index (χ4v) is 3.14. The molecule has 1 aromatic heterocycles. The Bertz CT molecular complexity index is 865. The van der Waals surface area contributed by atoms with Crippen molar-refractivity contribution in [3.8, 4) is 6.07 Å². The first-order valence-corrected chi connectivity index (χ1v) is 8.84. The second-order valence-electron chi connectivity index (χ2n) is 6.60. The molecule has 1 saturated heterocycles. The minimum Gasteiger partial charge on any atom is -0.364 e. The Morgan fingerprint density at radius 2 is 1.81 bits per heavy atom. The van der Waals surface area contributed by atoms with E-state index in [2.05, 4.69) is 21.3 Å². The van der Waals surface area contributed by atoms with Crippen LogP contribution in [0.4, 0.5) is 0 Å². The van der Waals surface area contributed by atoms with Crippen LogP contribution in [-0.2, 0) is 6.54 Å². The van der Waals surface area contributed by atoms with E-state index in [1.807, 2.05) is 24.3 Å². The largest absolute Gasteiger partial charge is 0.364 e. The number of amides is 2. The third-order valence-electron chi connectivity index (χ3n) is 4.65. The number of hydrogen-bond donors (Lipinski definition) is 2. The van der Waals surface area contributed by atoms with Gasteiger partial charge in [-0.05, 0) is 42.7 Å². The molecule has 0 unspecified atom stereocenters. The standard InChI is InChI=1S/C20H21N5O2/c21-12-14-4-6-15(7-5-14)13-25-10-8-16(9-11-25)23-20(27)18-3-1-2-17(24-18)19(22)26/h1-7,16H,8-11,13H2,(H2,22,26)(H,23,27). The number of piperidine rings is 1. The fraction of sp³-hybridized carbons (Fsp3) is 0.300. The minimum absolute atomic E-state index is 0.0775. The van der Waals surface area contributed by atoms with Gasteiger partial charge >= 0.3 is 0 Å². The summed E-state index contributed by atoms with van der Waals surface area (Å²) in [5.41, 5.74) is 7.32. The summed E-state index contributed by atoms with van der Waals surface area (Å²) >= 11 is 0. The summed E-state index contributed by atoms with van der Waals surface area (Å²) in [6.07, 6.45) is 1.69. The van der Waals surface area contributed by atoms with E-state index in [4.69, 9.17) is 11.0 Å². The lowest BCUT2D eigenvalue weighted by molar-refractivity contribution is 0.0903. The van der Waals surface area contributed by atoms with Crippen LogP contribution in [0.3, 0.4) is 0 Å². The monoisotopic (exact) mass is 363 g/mol. The van der Waals surface area contributed by atoms with E-state index < -0.39 is 5.91 Å². The molecule has 1 fully saturated rings. The van der Waals surface area contributed by atoms with E-state index in [-0.39, 0.29) is 23.3 Å². The Morgan fingerprint density at radius 1 is 1.15 bits per heavy atom. The second kappa shape index (κ2) is 8.43. The Kier molecular flexibility index (Phi) is 5.79. The predicted octanol–water partition coefficient (Wildman–Crippen LogP) is 1.45. The van der Waals surface area contributed by atoms with Crippen LogP contribution in [0.15, 0.2) is 42.5 Å². The summed E-state index contributed by atoms with van der Waals surface area (Å²) in [6, 6.07) is 14.5. The zero-order chi connectivity index (χ0) is 19.2. The zero-order valence-corrected chi connectivity index (χ0v) is 14.9. The van der Waals surface area contributed by atoms with Gasteiger partial charge in [0, 0.05) is 25.7 Å². The molecule has 0 atom stereocenters. The van der Waals surface area contributed by atoms with Gasteiger partial charge in [0.15, 0.2) is 0 Å². The zero-order valence-electron chi connectivity index (χ0n) is 14.9. The minimum atomic E-state index is -0.652. The molecule has 0 bridgehead atoms. The number of nitriles is 1. The molecule has 0 radical (unpaired) electrons. The average molecular weight is 363 g/mol. The summed E-state index contributed by atoms with van der Waals surface area (Å²) < 4.78 is 0. The van der Waals surface area contributed by atoms with E-state index in [1.165, 1.54) is 11.6 Å². The van der Waals surface area contributed by atoms with Crippen molar-refractivity contribution in [3.05, 3.63) is 65.0 Å². The molecule has 2 aromatic rings. The Hall–Kier alpha value is -3.24. The number of likely N-dealkylation sites (tertiary alicyclic amines) is 1. The lowest BCUT2D eigenvalue weighted by Gasteiger charge is -2.32. The molecular formula is C20H21N5O2. The highest BCUT2D eigenvalue weighted by Crippen LogP contribution is 2.15. The Morgan fingerprint density at radius 3 is 2.44 bits per heavy atom. The van der Waals surface area contributed by atoms with E-state index in [0.29, 0.717) is 5.56 Å². The van der Waals surface area contributed by atoms with Crippen molar-refractivity contribution in [1.82, 2.24) is 15.2 Å². The molecule has 3 rings (SSSR count). The lowest BCUT2D eigenvalue weighted by Crippen LogP contribution is -2.44. The highest BCUT2D eigenvalue weighted by Gasteiger charge is 2.22. The van der Waals surface area contributed by atoms with Crippen molar-refractivity contribution in [2.45, 2.75) is 25.4 Å². The molecule has 0 spiro atoms. The molecule has 0 aliphatic carbocycles. The molecule has 27 heavy (non-hydrogen) atoms. The Labute approximate surface area is 157 Å². The highest BCUT2D eigenvalue weighted by molar-refractivity contribution is 5.95. The number of nitrogens with zero attached hydrogens (tertiary/aromatic N) is 3. The maximum absolute atomic E-state index is 12.4. The molecular weight excluding hydrogens is 342 g/mol. The van der Waals surface area contributed by atoms with Crippen LogP contribution in [0.2, 0.25) is 0 Å². The van der Waals surface area contributed by atoms with E-state index >= 15 is 0 Å². The first-order chi connectivity index (χ1) is 13.0. The van der Waals surface area contributed by atoms with Crippen LogP contribution in [-0.4, -0.2) is 40.8 Å².